The summed E-state index contributed by atoms with van der Waals surface area (Å²) in [6, 6.07) is 9.23. The number of carbonyl (C=O) groups excluding carboxylic acids is 2. The van der Waals surface area contributed by atoms with Crippen molar-refractivity contribution in [1.29, 1.82) is 0 Å². The number of halogens is 1. The monoisotopic (exact) mass is 493 g/mol. The summed E-state index contributed by atoms with van der Waals surface area (Å²) in [6.07, 6.45) is 0.429. The summed E-state index contributed by atoms with van der Waals surface area (Å²) in [6.45, 7) is 1.94. The zero-order valence-electron chi connectivity index (χ0n) is 18.1. The van der Waals surface area contributed by atoms with Crippen LogP contribution in [0.3, 0.4) is 0 Å². The van der Waals surface area contributed by atoms with Crippen LogP contribution < -0.4 is 20.1 Å². The lowest BCUT2D eigenvalue weighted by molar-refractivity contribution is -0.123. The van der Waals surface area contributed by atoms with Gasteiger partial charge in [0.25, 0.3) is 5.91 Å². The van der Waals surface area contributed by atoms with Crippen LogP contribution in [0.5, 0.6) is 11.5 Å². The molecule has 9 nitrogen and oxygen atoms in total. The molecule has 1 fully saturated rings. The zero-order valence-corrected chi connectivity index (χ0v) is 19.7. The van der Waals surface area contributed by atoms with E-state index in [1.807, 2.05) is 0 Å². The van der Waals surface area contributed by atoms with E-state index in [1.54, 1.807) is 25.1 Å². The normalized spacial score (nSPS) is 20.9. The van der Waals surface area contributed by atoms with Crippen LogP contribution in [0.1, 0.15) is 19.8 Å². The van der Waals surface area contributed by atoms with E-state index in [4.69, 9.17) is 21.1 Å². The molecule has 0 spiro atoms. The van der Waals surface area contributed by atoms with Crippen LogP contribution in [0, 0.1) is 5.92 Å². The molecule has 0 aliphatic carbocycles. The van der Waals surface area contributed by atoms with Crippen molar-refractivity contribution in [2.24, 2.45) is 5.92 Å². The number of carbonyl (C=O) groups is 2. The van der Waals surface area contributed by atoms with E-state index in [0.717, 1.165) is 0 Å². The maximum Gasteiger partial charge on any atom is 0.265 e. The molecule has 4 rings (SSSR count). The number of hydrogen-bond acceptors (Lipinski definition) is 6. The summed E-state index contributed by atoms with van der Waals surface area (Å²) in [4.78, 5) is 24.8. The Kier molecular flexibility index (Phi) is 6.51. The van der Waals surface area contributed by atoms with E-state index < -0.39 is 22.0 Å². The van der Waals surface area contributed by atoms with Crippen molar-refractivity contribution >= 4 is 44.8 Å². The van der Waals surface area contributed by atoms with Gasteiger partial charge in [0, 0.05) is 18.1 Å². The van der Waals surface area contributed by atoms with Crippen molar-refractivity contribution in [1.82, 2.24) is 4.31 Å². The van der Waals surface area contributed by atoms with Gasteiger partial charge in [0.2, 0.25) is 15.9 Å². The SMILES string of the molecule is COc1ccc(Cl)cc1NC(=O)C1CCCN(S(=O)(=O)c2ccc3c(c2)NC(=O)C(C)O3)C1. The Balaban J connectivity index is 1.51. The Morgan fingerprint density at radius 3 is 2.82 bits per heavy atom. The number of fused-ring (bicyclic) bond motifs is 1. The standard InChI is InChI=1S/C22H24ClN3O6S/c1-13-21(27)24-18-11-16(6-8-20(18)32-13)33(29,30)26-9-3-4-14(12-26)22(28)25-17-10-15(23)5-7-19(17)31-2/h5-8,10-11,13-14H,3-4,9,12H2,1-2H3,(H,24,27)(H,25,28). The fourth-order valence-corrected chi connectivity index (χ4v) is 5.61. The van der Waals surface area contributed by atoms with Gasteiger partial charge in [-0.2, -0.15) is 4.31 Å². The third kappa shape index (κ3) is 4.78. The first-order valence-corrected chi connectivity index (χ1v) is 12.3. The van der Waals surface area contributed by atoms with Crippen molar-refractivity contribution in [2.45, 2.75) is 30.8 Å². The quantitative estimate of drug-likeness (QED) is 0.661. The van der Waals surface area contributed by atoms with Crippen LogP contribution in [-0.2, 0) is 19.6 Å². The Morgan fingerprint density at radius 2 is 2.06 bits per heavy atom. The lowest BCUT2D eigenvalue weighted by Gasteiger charge is -2.31. The topological polar surface area (TPSA) is 114 Å². The van der Waals surface area contributed by atoms with Gasteiger partial charge in [0.1, 0.15) is 11.5 Å². The highest BCUT2D eigenvalue weighted by atomic mass is 35.5. The van der Waals surface area contributed by atoms with Crippen LogP contribution in [0.15, 0.2) is 41.3 Å². The zero-order chi connectivity index (χ0) is 23.8. The summed E-state index contributed by atoms with van der Waals surface area (Å²) in [5.41, 5.74) is 0.730. The fourth-order valence-electron chi connectivity index (χ4n) is 3.88. The molecule has 1 saturated heterocycles. The minimum absolute atomic E-state index is 0.0253. The lowest BCUT2D eigenvalue weighted by Crippen LogP contribution is -2.43. The number of sulfonamides is 1. The second-order valence-corrected chi connectivity index (χ2v) is 10.3. The second-order valence-electron chi connectivity index (χ2n) is 7.94. The number of amides is 2. The highest BCUT2D eigenvalue weighted by molar-refractivity contribution is 7.89. The smallest absolute Gasteiger partial charge is 0.265 e. The molecule has 2 atom stereocenters. The predicted octanol–water partition coefficient (Wildman–Crippen LogP) is 3.11. The van der Waals surface area contributed by atoms with Crippen molar-refractivity contribution in [3.8, 4) is 11.5 Å². The molecule has 2 aliphatic rings. The lowest BCUT2D eigenvalue weighted by atomic mass is 9.98. The molecule has 0 saturated carbocycles. The number of rotatable bonds is 5. The summed E-state index contributed by atoms with van der Waals surface area (Å²) >= 11 is 6.03. The van der Waals surface area contributed by atoms with Gasteiger partial charge in [-0.1, -0.05) is 11.6 Å². The van der Waals surface area contributed by atoms with Crippen molar-refractivity contribution in [3.63, 3.8) is 0 Å². The average molecular weight is 494 g/mol. The number of ether oxygens (including phenoxy) is 2. The fraction of sp³-hybridized carbons (Fsp3) is 0.364. The van der Waals surface area contributed by atoms with Crippen LogP contribution in [0.2, 0.25) is 5.02 Å². The third-order valence-corrected chi connectivity index (χ3v) is 7.79. The highest BCUT2D eigenvalue weighted by Gasteiger charge is 2.34. The molecule has 2 aromatic rings. The van der Waals surface area contributed by atoms with Gasteiger partial charge in [-0.15, -0.1) is 0 Å². The van der Waals surface area contributed by atoms with Gasteiger partial charge in [-0.25, -0.2) is 8.42 Å². The Labute approximate surface area is 197 Å². The first-order valence-electron chi connectivity index (χ1n) is 10.4. The molecule has 2 aliphatic heterocycles. The number of nitrogens with zero attached hydrogens (tertiary/aromatic N) is 1. The molecular formula is C22H24ClN3O6S. The number of nitrogens with one attached hydrogen (secondary N) is 2. The van der Waals surface area contributed by atoms with Gasteiger partial charge in [0.15, 0.2) is 6.10 Å². The highest BCUT2D eigenvalue weighted by Crippen LogP contribution is 2.34. The maximum absolute atomic E-state index is 13.3. The minimum atomic E-state index is -3.88. The summed E-state index contributed by atoms with van der Waals surface area (Å²) < 4.78 is 38.6. The Bertz CT molecular complexity index is 1200. The molecule has 2 amide bonds. The van der Waals surface area contributed by atoms with Crippen LogP contribution in [0.4, 0.5) is 11.4 Å². The van der Waals surface area contributed by atoms with E-state index in [9.17, 15) is 18.0 Å². The van der Waals surface area contributed by atoms with Gasteiger partial charge >= 0.3 is 0 Å². The number of methoxy groups -OCH3 is 1. The molecule has 0 aromatic heterocycles. The Morgan fingerprint density at radius 1 is 1.27 bits per heavy atom. The van der Waals surface area contributed by atoms with E-state index in [2.05, 4.69) is 10.6 Å². The average Bonchev–Trinajstić information content (AvgIpc) is 2.79. The van der Waals surface area contributed by atoms with Gasteiger partial charge in [-0.3, -0.25) is 9.59 Å². The van der Waals surface area contributed by atoms with E-state index in [-0.39, 0.29) is 23.3 Å². The summed E-state index contributed by atoms with van der Waals surface area (Å²) in [7, 11) is -2.40. The molecule has 2 aromatic carbocycles. The van der Waals surface area contributed by atoms with E-state index in [0.29, 0.717) is 47.3 Å². The second kappa shape index (κ2) is 9.20. The Hall–Kier alpha value is -2.82. The number of benzene rings is 2. The third-order valence-electron chi connectivity index (χ3n) is 5.69. The van der Waals surface area contributed by atoms with E-state index in [1.165, 1.54) is 29.6 Å². The summed E-state index contributed by atoms with van der Waals surface area (Å²) in [5, 5.41) is 5.90. The van der Waals surface area contributed by atoms with Gasteiger partial charge < -0.3 is 20.1 Å². The number of hydrogen-bond donors (Lipinski definition) is 2. The van der Waals surface area contributed by atoms with E-state index >= 15 is 0 Å². The van der Waals surface area contributed by atoms with Gasteiger partial charge in [-0.05, 0) is 56.2 Å². The van der Waals surface area contributed by atoms with Crippen LogP contribution in [0.25, 0.3) is 0 Å². The molecule has 33 heavy (non-hydrogen) atoms. The molecule has 0 radical (unpaired) electrons. The molecule has 0 bridgehead atoms. The van der Waals surface area contributed by atoms with Crippen LogP contribution in [-0.4, -0.2) is 50.8 Å². The first kappa shape index (κ1) is 23.3. The van der Waals surface area contributed by atoms with Crippen molar-refractivity contribution in [2.75, 3.05) is 30.8 Å². The summed E-state index contributed by atoms with van der Waals surface area (Å²) in [5.74, 6) is -0.328. The van der Waals surface area contributed by atoms with Gasteiger partial charge in [0.05, 0.1) is 29.3 Å². The molecule has 11 heteroatoms. The number of piperidine rings is 1. The molecule has 176 valence electrons. The molecular weight excluding hydrogens is 470 g/mol. The minimum Gasteiger partial charge on any atom is -0.495 e. The largest absolute Gasteiger partial charge is 0.495 e. The van der Waals surface area contributed by atoms with Crippen LogP contribution >= 0.6 is 11.6 Å². The molecule has 2 heterocycles. The predicted molar refractivity (Wildman–Crippen MR) is 123 cm³/mol. The number of anilines is 2. The van der Waals surface area contributed by atoms with Crippen molar-refractivity contribution < 1.29 is 27.5 Å². The molecule has 2 unspecified atom stereocenters. The first-order chi connectivity index (χ1) is 15.7. The maximum atomic E-state index is 13.3. The van der Waals surface area contributed by atoms with Crippen molar-refractivity contribution in [3.05, 3.63) is 41.4 Å². The molecule has 2 N–H and O–H groups in total.